The van der Waals surface area contributed by atoms with Crippen molar-refractivity contribution in [3.05, 3.63) is 35.9 Å². The van der Waals surface area contributed by atoms with Gasteiger partial charge in [0.05, 0.1) is 0 Å². The van der Waals surface area contributed by atoms with Crippen LogP contribution in [0.5, 0.6) is 0 Å². The van der Waals surface area contributed by atoms with E-state index in [-0.39, 0.29) is 12.5 Å². The van der Waals surface area contributed by atoms with Crippen LogP contribution in [0.15, 0.2) is 35.3 Å². The Kier molecular flexibility index (Phi) is 8.41. The van der Waals surface area contributed by atoms with E-state index >= 15 is 0 Å². The Morgan fingerprint density at radius 2 is 2.00 bits per heavy atom. The number of guanidine groups is 1. The zero-order chi connectivity index (χ0) is 18.8. The van der Waals surface area contributed by atoms with Gasteiger partial charge in [0.1, 0.15) is 6.54 Å². The maximum absolute atomic E-state index is 11.8. The fourth-order valence-corrected chi connectivity index (χ4v) is 3.23. The van der Waals surface area contributed by atoms with Crippen LogP contribution in [0, 0.1) is 0 Å². The maximum atomic E-state index is 11.8. The topological polar surface area (TPSA) is 68.8 Å². The van der Waals surface area contributed by atoms with E-state index in [9.17, 15) is 4.79 Å². The molecule has 1 aliphatic rings. The van der Waals surface area contributed by atoms with Crippen molar-refractivity contribution in [2.24, 2.45) is 4.99 Å². The molecule has 2 atom stereocenters. The smallest absolute Gasteiger partial charge is 0.241 e. The first-order valence-corrected chi connectivity index (χ1v) is 9.71. The van der Waals surface area contributed by atoms with Crippen LogP contribution in [-0.2, 0) is 11.3 Å². The van der Waals surface area contributed by atoms with Crippen molar-refractivity contribution in [3.8, 4) is 0 Å². The summed E-state index contributed by atoms with van der Waals surface area (Å²) in [5.41, 5.74) is 1.34. The minimum absolute atomic E-state index is 0.0328. The monoisotopic (exact) mass is 359 g/mol. The van der Waals surface area contributed by atoms with E-state index in [1.165, 1.54) is 5.56 Å². The molecule has 1 aromatic rings. The van der Waals surface area contributed by atoms with Crippen molar-refractivity contribution < 1.29 is 4.79 Å². The number of carbonyl (C=O) groups excluding carboxylic acids is 1. The minimum Gasteiger partial charge on any atom is -0.357 e. The lowest BCUT2D eigenvalue weighted by Gasteiger charge is -2.21. The molecule has 0 spiro atoms. The van der Waals surface area contributed by atoms with E-state index in [2.05, 4.69) is 63.1 Å². The van der Waals surface area contributed by atoms with Gasteiger partial charge in [-0.15, -0.1) is 0 Å². The van der Waals surface area contributed by atoms with Gasteiger partial charge in [-0.3, -0.25) is 9.69 Å². The summed E-state index contributed by atoms with van der Waals surface area (Å²) in [4.78, 5) is 18.7. The Hall–Kier alpha value is -2.08. The van der Waals surface area contributed by atoms with Crippen molar-refractivity contribution in [1.29, 1.82) is 0 Å². The van der Waals surface area contributed by atoms with Gasteiger partial charge in [-0.25, -0.2) is 4.99 Å². The van der Waals surface area contributed by atoms with Crippen molar-refractivity contribution in [2.45, 2.75) is 52.2 Å². The predicted octanol–water partition coefficient (Wildman–Crippen LogP) is 1.73. The average molecular weight is 360 g/mol. The number of benzene rings is 1. The highest BCUT2D eigenvalue weighted by atomic mass is 16.1. The highest BCUT2D eigenvalue weighted by Gasteiger charge is 2.29. The lowest BCUT2D eigenvalue weighted by atomic mass is 10.2. The van der Waals surface area contributed by atoms with Gasteiger partial charge in [0.15, 0.2) is 5.96 Å². The SMILES string of the molecule is CCCNC(=O)CN=C(NCC)NC1CC(C)N(Cc2ccccc2)C1. The number of hydrogen-bond donors (Lipinski definition) is 3. The van der Waals surface area contributed by atoms with Crippen LogP contribution in [0.25, 0.3) is 0 Å². The largest absolute Gasteiger partial charge is 0.357 e. The zero-order valence-electron chi connectivity index (χ0n) is 16.3. The molecule has 0 aliphatic carbocycles. The van der Waals surface area contributed by atoms with E-state index in [0.717, 1.165) is 38.4 Å². The van der Waals surface area contributed by atoms with Gasteiger partial charge in [-0.1, -0.05) is 37.3 Å². The molecule has 6 heteroatoms. The van der Waals surface area contributed by atoms with Gasteiger partial charge in [-0.05, 0) is 32.3 Å². The van der Waals surface area contributed by atoms with Crippen LogP contribution in [-0.4, -0.2) is 55.0 Å². The van der Waals surface area contributed by atoms with Crippen molar-refractivity contribution in [3.63, 3.8) is 0 Å². The molecule has 6 nitrogen and oxygen atoms in total. The fraction of sp³-hybridized carbons (Fsp3) is 0.600. The van der Waals surface area contributed by atoms with Crippen LogP contribution >= 0.6 is 0 Å². The van der Waals surface area contributed by atoms with Gasteiger partial charge in [0, 0.05) is 38.3 Å². The molecule has 1 saturated heterocycles. The minimum atomic E-state index is -0.0328. The summed E-state index contributed by atoms with van der Waals surface area (Å²) < 4.78 is 0. The number of nitrogens with one attached hydrogen (secondary N) is 3. The molecule has 1 fully saturated rings. The molecule has 144 valence electrons. The summed E-state index contributed by atoms with van der Waals surface area (Å²) in [6.45, 7) is 9.92. The number of hydrogen-bond acceptors (Lipinski definition) is 3. The Morgan fingerprint density at radius 3 is 2.69 bits per heavy atom. The molecular formula is C20H33N5O. The van der Waals surface area contributed by atoms with E-state index in [4.69, 9.17) is 0 Å². The summed E-state index contributed by atoms with van der Waals surface area (Å²) >= 11 is 0. The van der Waals surface area contributed by atoms with Crippen LogP contribution in [0.2, 0.25) is 0 Å². The second kappa shape index (κ2) is 10.8. The average Bonchev–Trinajstić information content (AvgIpc) is 2.98. The first-order chi connectivity index (χ1) is 12.6. The molecule has 0 bridgehead atoms. The normalized spacial score (nSPS) is 20.8. The summed E-state index contributed by atoms with van der Waals surface area (Å²) in [6, 6.07) is 11.4. The van der Waals surface area contributed by atoms with E-state index < -0.39 is 0 Å². The molecule has 1 amide bonds. The van der Waals surface area contributed by atoms with Gasteiger partial charge in [0.25, 0.3) is 0 Å². The molecule has 1 aliphatic heterocycles. The quantitative estimate of drug-likeness (QED) is 0.488. The van der Waals surface area contributed by atoms with Crippen LogP contribution in [0.1, 0.15) is 39.2 Å². The summed E-state index contributed by atoms with van der Waals surface area (Å²) in [7, 11) is 0. The second-order valence-corrected chi connectivity index (χ2v) is 6.89. The molecule has 2 rings (SSSR count). The maximum Gasteiger partial charge on any atom is 0.241 e. The molecular weight excluding hydrogens is 326 g/mol. The first-order valence-electron chi connectivity index (χ1n) is 9.71. The Morgan fingerprint density at radius 1 is 1.23 bits per heavy atom. The number of carbonyl (C=O) groups is 1. The lowest BCUT2D eigenvalue weighted by Crippen LogP contribution is -2.45. The summed E-state index contributed by atoms with van der Waals surface area (Å²) in [5.74, 6) is 0.687. The van der Waals surface area contributed by atoms with Gasteiger partial charge in [0.2, 0.25) is 5.91 Å². The number of nitrogens with zero attached hydrogens (tertiary/aromatic N) is 2. The van der Waals surface area contributed by atoms with Gasteiger partial charge >= 0.3 is 0 Å². The lowest BCUT2D eigenvalue weighted by molar-refractivity contribution is -0.119. The van der Waals surface area contributed by atoms with Crippen molar-refractivity contribution in [1.82, 2.24) is 20.9 Å². The van der Waals surface area contributed by atoms with Gasteiger partial charge in [-0.2, -0.15) is 0 Å². The van der Waals surface area contributed by atoms with Crippen LogP contribution < -0.4 is 16.0 Å². The Balaban J connectivity index is 1.87. The molecule has 1 heterocycles. The molecule has 26 heavy (non-hydrogen) atoms. The first kappa shape index (κ1) is 20.2. The number of aliphatic imine (C=N–C) groups is 1. The van der Waals surface area contributed by atoms with E-state index in [1.54, 1.807) is 0 Å². The zero-order valence-corrected chi connectivity index (χ0v) is 16.3. The highest BCUT2D eigenvalue weighted by Crippen LogP contribution is 2.20. The van der Waals surface area contributed by atoms with Crippen molar-refractivity contribution in [2.75, 3.05) is 26.2 Å². The summed E-state index contributed by atoms with van der Waals surface area (Å²) in [6.07, 6.45) is 2.00. The number of amides is 1. The van der Waals surface area contributed by atoms with Crippen molar-refractivity contribution >= 4 is 11.9 Å². The third kappa shape index (κ3) is 6.67. The molecule has 2 unspecified atom stereocenters. The second-order valence-electron chi connectivity index (χ2n) is 6.89. The number of rotatable bonds is 8. The van der Waals surface area contributed by atoms with Crippen LogP contribution in [0.3, 0.4) is 0 Å². The summed E-state index contributed by atoms with van der Waals surface area (Å²) in [5, 5.41) is 9.59. The molecule has 0 aromatic heterocycles. The predicted molar refractivity (Wildman–Crippen MR) is 107 cm³/mol. The third-order valence-corrected chi connectivity index (χ3v) is 4.57. The Labute approximate surface area is 157 Å². The Bertz CT molecular complexity index is 575. The third-order valence-electron chi connectivity index (χ3n) is 4.57. The van der Waals surface area contributed by atoms with Crippen LogP contribution in [0.4, 0.5) is 0 Å². The van der Waals surface area contributed by atoms with E-state index in [1.807, 2.05) is 13.8 Å². The number of likely N-dealkylation sites (tertiary alicyclic amines) is 1. The van der Waals surface area contributed by atoms with Gasteiger partial charge < -0.3 is 16.0 Å². The molecule has 3 N–H and O–H groups in total. The van der Waals surface area contributed by atoms with E-state index in [0.29, 0.717) is 18.6 Å². The standard InChI is InChI=1S/C20H33N5O/c1-4-11-22-19(26)13-23-20(21-5-2)24-18-12-16(3)25(15-18)14-17-9-7-6-8-10-17/h6-10,16,18H,4-5,11-15H2,1-3H3,(H,22,26)(H2,21,23,24). The molecule has 1 aromatic carbocycles. The molecule has 0 radical (unpaired) electrons. The molecule has 0 saturated carbocycles. The fourth-order valence-electron chi connectivity index (χ4n) is 3.23. The highest BCUT2D eigenvalue weighted by molar-refractivity contribution is 5.85.